The first-order valence-corrected chi connectivity index (χ1v) is 3.89. The van der Waals surface area contributed by atoms with Crippen molar-refractivity contribution in [2.45, 2.75) is 5.91 Å². The molecule has 0 spiro atoms. The molecule has 1 fully saturated rings. The second-order valence-electron chi connectivity index (χ2n) is 1.51. The lowest BCUT2D eigenvalue weighted by Gasteiger charge is -1.84. The molecule has 4 nitrogen and oxygen atoms in total. The van der Waals surface area contributed by atoms with Crippen molar-refractivity contribution in [3.8, 4) is 0 Å². The molecule has 0 bridgehead atoms. The number of nitrogens with zero attached hydrogens (tertiary/aromatic N) is 1. The summed E-state index contributed by atoms with van der Waals surface area (Å²) in [7, 11) is 0.103. The Morgan fingerprint density at radius 1 is 1.86 bits per heavy atom. The van der Waals surface area contributed by atoms with E-state index < -0.39 is 7.36 Å². The third-order valence-corrected chi connectivity index (χ3v) is 3.08. The number of nitrogens with two attached hydrogens (primary N) is 2. The van der Waals surface area contributed by atoms with E-state index in [-0.39, 0.29) is 5.91 Å². The van der Waals surface area contributed by atoms with Crippen molar-refractivity contribution >= 4 is 7.36 Å². The summed E-state index contributed by atoms with van der Waals surface area (Å²) in [5, 5.41) is 2.86. The Labute approximate surface area is 42.4 Å². The highest BCUT2D eigenvalue weighted by molar-refractivity contribution is 7.69. The van der Waals surface area contributed by atoms with Gasteiger partial charge in [0.15, 0.2) is 0 Å². The van der Waals surface area contributed by atoms with Gasteiger partial charge in [0.1, 0.15) is 13.3 Å². The van der Waals surface area contributed by atoms with Crippen molar-refractivity contribution in [2.24, 2.45) is 16.0 Å². The summed E-state index contributed by atoms with van der Waals surface area (Å²) in [5.74, 6) is -0.0162. The van der Waals surface area contributed by atoms with E-state index in [0.717, 1.165) is 0 Å². The monoisotopic (exact) mass is 120 g/mol. The summed E-state index contributed by atoms with van der Waals surface area (Å²) in [6.45, 7) is 0. The lowest BCUT2D eigenvalue weighted by Crippen LogP contribution is -2.03. The van der Waals surface area contributed by atoms with Crippen LogP contribution < -0.4 is 16.3 Å². The highest BCUT2D eigenvalue weighted by Gasteiger charge is 2.38. The Morgan fingerprint density at radius 3 is 2.29 bits per heavy atom. The maximum absolute atomic E-state index is 5.50. The average molecular weight is 120 g/mol. The molecule has 1 rings (SSSR count). The van der Waals surface area contributed by atoms with E-state index in [4.69, 9.17) is 11.2 Å². The molecule has 42 valence electrons. The molecule has 0 aromatic rings. The van der Waals surface area contributed by atoms with Crippen LogP contribution in [0.3, 0.4) is 0 Å². The summed E-state index contributed by atoms with van der Waals surface area (Å²) < 4.78 is 3.87. The van der Waals surface area contributed by atoms with Gasteiger partial charge in [-0.1, -0.05) is 0 Å². The number of hydrogen-bond acceptors (Lipinski definition) is 2. The highest BCUT2D eigenvalue weighted by Crippen LogP contribution is 2.52. The summed E-state index contributed by atoms with van der Waals surface area (Å²) in [4.78, 5) is 0. The van der Waals surface area contributed by atoms with E-state index in [2.05, 4.69) is 9.83 Å². The molecule has 5 heteroatoms. The second kappa shape index (κ2) is 1.29. The Bertz CT molecular complexity index is 130. The van der Waals surface area contributed by atoms with Crippen LogP contribution >= 0.6 is 7.36 Å². The minimum absolute atomic E-state index is 0.0162. The van der Waals surface area contributed by atoms with E-state index in [1.807, 2.05) is 0 Å². The van der Waals surface area contributed by atoms with Gasteiger partial charge in [0.05, 0.1) is 0 Å². The minimum atomic E-state index is -1.58. The molecule has 0 amide bonds. The smallest absolute Gasteiger partial charge is 0.122 e. The van der Waals surface area contributed by atoms with Crippen LogP contribution in [0, 0.1) is 0 Å². The summed E-state index contributed by atoms with van der Waals surface area (Å²) in [6, 6.07) is 0. The van der Waals surface area contributed by atoms with Gasteiger partial charge in [-0.05, 0) is 0 Å². The SMILES string of the molecule is CN=P1(N)NC1N. The molecule has 2 unspecified atom stereocenters. The molecular weight excluding hydrogens is 111 g/mol. The van der Waals surface area contributed by atoms with E-state index >= 15 is 0 Å². The van der Waals surface area contributed by atoms with E-state index in [1.54, 1.807) is 7.05 Å². The predicted molar refractivity (Wildman–Crippen MR) is 30.6 cm³/mol. The number of rotatable bonds is 0. The maximum Gasteiger partial charge on any atom is 0.122 e. The van der Waals surface area contributed by atoms with Crippen molar-refractivity contribution in [3.05, 3.63) is 0 Å². The maximum atomic E-state index is 5.50. The van der Waals surface area contributed by atoms with Gasteiger partial charge in [0.2, 0.25) is 0 Å². The normalized spacial score (nSPS) is 48.7. The molecule has 1 aliphatic rings. The van der Waals surface area contributed by atoms with Crippen LogP contribution in [-0.2, 0) is 0 Å². The topological polar surface area (TPSA) is 86.3 Å². The van der Waals surface area contributed by atoms with Crippen LogP contribution in [0.1, 0.15) is 0 Å². The van der Waals surface area contributed by atoms with E-state index in [9.17, 15) is 0 Å². The molecule has 1 heterocycles. The zero-order chi connectivity index (χ0) is 5.49. The van der Waals surface area contributed by atoms with Gasteiger partial charge in [-0.2, -0.15) is 0 Å². The van der Waals surface area contributed by atoms with Crippen molar-refractivity contribution in [1.82, 2.24) is 5.09 Å². The van der Waals surface area contributed by atoms with E-state index in [1.165, 1.54) is 0 Å². The third-order valence-electron chi connectivity index (χ3n) is 1.03. The lowest BCUT2D eigenvalue weighted by atomic mass is 11.3. The average Bonchev–Trinajstić information content (AvgIpc) is 2.18. The molecule has 1 saturated heterocycles. The van der Waals surface area contributed by atoms with Crippen LogP contribution in [0.4, 0.5) is 0 Å². The van der Waals surface area contributed by atoms with Crippen LogP contribution in [0.25, 0.3) is 0 Å². The van der Waals surface area contributed by atoms with Crippen molar-refractivity contribution in [3.63, 3.8) is 0 Å². The molecule has 2 atom stereocenters. The number of nitrogens with one attached hydrogen (secondary N) is 1. The summed E-state index contributed by atoms with van der Waals surface area (Å²) in [5.41, 5.74) is 10.8. The summed E-state index contributed by atoms with van der Waals surface area (Å²) >= 11 is 0. The fourth-order valence-corrected chi connectivity index (χ4v) is 1.44. The molecule has 0 aliphatic carbocycles. The second-order valence-corrected chi connectivity index (χ2v) is 4.20. The molecule has 0 aromatic heterocycles. The Balaban J connectivity index is 2.70. The van der Waals surface area contributed by atoms with Crippen molar-refractivity contribution < 1.29 is 0 Å². The van der Waals surface area contributed by atoms with Gasteiger partial charge >= 0.3 is 0 Å². The predicted octanol–water partition coefficient (Wildman–Crippen LogP) is -0.548. The van der Waals surface area contributed by atoms with Crippen molar-refractivity contribution in [1.29, 1.82) is 0 Å². The molecular formula is C2H9N4P. The Hall–Kier alpha value is 0.110. The first kappa shape index (κ1) is 5.25. The lowest BCUT2D eigenvalue weighted by molar-refractivity contribution is 1.03. The molecule has 0 saturated carbocycles. The quantitative estimate of drug-likeness (QED) is 0.296. The van der Waals surface area contributed by atoms with Crippen LogP contribution in [0.2, 0.25) is 0 Å². The van der Waals surface area contributed by atoms with Gasteiger partial charge in [0.25, 0.3) is 0 Å². The van der Waals surface area contributed by atoms with Crippen LogP contribution in [0.5, 0.6) is 0 Å². The standard InChI is InChI=1S/C2H9N4P/c1-5-7(4)2(3)6-7/h2,6H,3-4H2,1H3. The third kappa shape index (κ3) is 0.704. The van der Waals surface area contributed by atoms with Gasteiger partial charge in [-0.3, -0.25) is 10.2 Å². The fourth-order valence-electron chi connectivity index (χ4n) is 0.361. The zero-order valence-corrected chi connectivity index (χ0v) is 5.02. The van der Waals surface area contributed by atoms with Crippen molar-refractivity contribution in [2.75, 3.05) is 7.05 Å². The molecule has 0 aromatic carbocycles. The van der Waals surface area contributed by atoms with Gasteiger partial charge in [-0.15, -0.1) is 0 Å². The minimum Gasteiger partial charge on any atom is -0.309 e. The first-order valence-electron chi connectivity index (χ1n) is 2.01. The Morgan fingerprint density at radius 2 is 2.29 bits per heavy atom. The van der Waals surface area contributed by atoms with E-state index in [0.29, 0.717) is 0 Å². The van der Waals surface area contributed by atoms with Gasteiger partial charge in [-0.25, -0.2) is 5.09 Å². The molecule has 7 heavy (non-hydrogen) atoms. The molecule has 5 N–H and O–H groups in total. The molecule has 1 aliphatic heterocycles. The summed E-state index contributed by atoms with van der Waals surface area (Å²) in [6.07, 6.45) is 0. The Kier molecular flexibility index (Phi) is 0.970. The number of hydrogen-bond donors (Lipinski definition) is 3. The molecule has 0 radical (unpaired) electrons. The highest BCUT2D eigenvalue weighted by atomic mass is 31.2. The van der Waals surface area contributed by atoms with Gasteiger partial charge < -0.3 is 5.73 Å². The van der Waals surface area contributed by atoms with Crippen LogP contribution in [-0.4, -0.2) is 13.0 Å². The zero-order valence-electron chi connectivity index (χ0n) is 4.13. The fraction of sp³-hybridized carbons (Fsp3) is 1.00. The largest absolute Gasteiger partial charge is 0.309 e. The first-order chi connectivity index (χ1) is 3.19. The van der Waals surface area contributed by atoms with Gasteiger partial charge in [0, 0.05) is 7.05 Å². The van der Waals surface area contributed by atoms with Crippen LogP contribution in [0.15, 0.2) is 4.74 Å².